The quantitative estimate of drug-likeness (QED) is 0.707. The first kappa shape index (κ1) is 20.2. The van der Waals surface area contributed by atoms with Gasteiger partial charge in [0.05, 0.1) is 5.92 Å². The van der Waals surface area contributed by atoms with Crippen LogP contribution in [0.3, 0.4) is 0 Å². The van der Waals surface area contributed by atoms with Gasteiger partial charge >= 0.3 is 5.97 Å². The molecule has 2 aliphatic rings. The van der Waals surface area contributed by atoms with Crippen LogP contribution in [0.15, 0.2) is 42.5 Å². The van der Waals surface area contributed by atoms with Gasteiger partial charge in [-0.15, -0.1) is 0 Å². The molecule has 2 aromatic rings. The molecule has 2 aromatic carbocycles. The molecule has 4 rings (SSSR count). The summed E-state index contributed by atoms with van der Waals surface area (Å²) in [6, 6.07) is 14.0. The van der Waals surface area contributed by atoms with Gasteiger partial charge in [-0.2, -0.15) is 0 Å². The van der Waals surface area contributed by atoms with Gasteiger partial charge in [-0.25, -0.2) is 0 Å². The van der Waals surface area contributed by atoms with Crippen LogP contribution in [-0.4, -0.2) is 41.2 Å². The number of halogens is 1. The molecule has 0 amide bonds. The van der Waals surface area contributed by atoms with Crippen LogP contribution >= 0.6 is 11.6 Å². The molecule has 5 heteroatoms. The molecule has 1 N–H and O–H groups in total. The number of fused-ring (bicyclic) bond motifs is 2. The molecule has 0 aromatic heterocycles. The average molecular weight is 414 g/mol. The Morgan fingerprint density at radius 3 is 2.59 bits per heavy atom. The second-order valence-electron chi connectivity index (χ2n) is 8.45. The third kappa shape index (κ3) is 4.29. The van der Waals surface area contributed by atoms with Gasteiger partial charge in [0.15, 0.2) is 0 Å². The van der Waals surface area contributed by atoms with Crippen LogP contribution in [0.25, 0.3) is 0 Å². The van der Waals surface area contributed by atoms with Crippen molar-refractivity contribution >= 4 is 17.6 Å². The first-order valence-electron chi connectivity index (χ1n) is 10.4. The van der Waals surface area contributed by atoms with E-state index in [-0.39, 0.29) is 17.8 Å². The maximum absolute atomic E-state index is 13.0. The molecule has 3 unspecified atom stereocenters. The van der Waals surface area contributed by atoms with Crippen LogP contribution in [0.2, 0.25) is 5.02 Å². The van der Waals surface area contributed by atoms with Crippen molar-refractivity contribution in [3.05, 3.63) is 64.2 Å². The molecular formula is C24H28ClNO3. The number of rotatable bonds is 5. The Morgan fingerprint density at radius 1 is 1.21 bits per heavy atom. The summed E-state index contributed by atoms with van der Waals surface area (Å²) in [5.74, 6) is -0.454. The zero-order valence-electron chi connectivity index (χ0n) is 17.0. The van der Waals surface area contributed by atoms with E-state index in [9.17, 15) is 9.90 Å². The summed E-state index contributed by atoms with van der Waals surface area (Å²) < 4.78 is 5.93. The van der Waals surface area contributed by atoms with E-state index >= 15 is 0 Å². The van der Waals surface area contributed by atoms with Gasteiger partial charge in [-0.1, -0.05) is 35.9 Å². The zero-order chi connectivity index (χ0) is 20.5. The molecule has 2 heterocycles. The van der Waals surface area contributed by atoms with Crippen LogP contribution in [0.5, 0.6) is 5.75 Å². The lowest BCUT2D eigenvalue weighted by Gasteiger charge is -2.36. The van der Waals surface area contributed by atoms with Crippen molar-refractivity contribution in [2.75, 3.05) is 7.05 Å². The van der Waals surface area contributed by atoms with Crippen LogP contribution in [-0.2, 0) is 16.0 Å². The molecule has 0 saturated carbocycles. The molecule has 154 valence electrons. The number of phenolic OH excluding ortho intramolecular Hbond substituents is 1. The first-order valence-corrected chi connectivity index (χ1v) is 10.8. The number of benzene rings is 2. The second kappa shape index (κ2) is 8.37. The van der Waals surface area contributed by atoms with Gasteiger partial charge in [-0.05, 0) is 69.0 Å². The van der Waals surface area contributed by atoms with Crippen molar-refractivity contribution in [1.29, 1.82) is 0 Å². The Morgan fingerprint density at radius 2 is 1.90 bits per heavy atom. The number of carbonyl (C=O) groups is 1. The van der Waals surface area contributed by atoms with Crippen molar-refractivity contribution in [3.63, 3.8) is 0 Å². The van der Waals surface area contributed by atoms with Crippen molar-refractivity contribution in [3.8, 4) is 5.75 Å². The number of ether oxygens (including phenoxy) is 1. The van der Waals surface area contributed by atoms with Gasteiger partial charge in [0.1, 0.15) is 11.9 Å². The molecule has 0 spiro atoms. The van der Waals surface area contributed by atoms with E-state index in [4.69, 9.17) is 16.3 Å². The number of aromatic hydroxyl groups is 1. The van der Waals surface area contributed by atoms with Gasteiger partial charge in [0.25, 0.3) is 0 Å². The summed E-state index contributed by atoms with van der Waals surface area (Å²) in [5.41, 5.74) is 2.56. The Labute approximate surface area is 177 Å². The highest BCUT2D eigenvalue weighted by Gasteiger charge is 2.40. The molecule has 2 fully saturated rings. The van der Waals surface area contributed by atoms with Gasteiger partial charge in [-0.3, -0.25) is 4.79 Å². The number of esters is 1. The fourth-order valence-electron chi connectivity index (χ4n) is 4.89. The predicted molar refractivity (Wildman–Crippen MR) is 114 cm³/mol. The maximum atomic E-state index is 13.0. The smallest absolute Gasteiger partial charge is 0.313 e. The number of nitrogens with zero attached hydrogens (tertiary/aromatic N) is 1. The number of hydrogen-bond donors (Lipinski definition) is 1. The van der Waals surface area contributed by atoms with Crippen LogP contribution in [0.1, 0.15) is 55.2 Å². The molecule has 3 atom stereocenters. The van der Waals surface area contributed by atoms with E-state index < -0.39 is 5.92 Å². The highest BCUT2D eigenvalue weighted by atomic mass is 35.5. The molecule has 29 heavy (non-hydrogen) atoms. The number of carbonyl (C=O) groups excluding carboxylic acids is 1. The largest absolute Gasteiger partial charge is 0.508 e. The van der Waals surface area contributed by atoms with E-state index in [1.54, 1.807) is 12.1 Å². The third-order valence-corrected chi connectivity index (χ3v) is 6.85. The van der Waals surface area contributed by atoms with E-state index in [2.05, 4.69) is 11.9 Å². The number of hydrogen-bond acceptors (Lipinski definition) is 4. The minimum Gasteiger partial charge on any atom is -0.508 e. The molecule has 0 aliphatic carbocycles. The lowest BCUT2D eigenvalue weighted by molar-refractivity contribution is -0.153. The van der Waals surface area contributed by atoms with Crippen molar-refractivity contribution in [2.24, 2.45) is 0 Å². The summed E-state index contributed by atoms with van der Waals surface area (Å²) in [6.07, 6.45) is 4.73. The Balaban J connectivity index is 1.50. The predicted octanol–water partition coefficient (Wildman–Crippen LogP) is 4.91. The fourth-order valence-corrected chi connectivity index (χ4v) is 5.11. The monoisotopic (exact) mass is 413 g/mol. The second-order valence-corrected chi connectivity index (χ2v) is 8.89. The third-order valence-electron chi connectivity index (χ3n) is 6.62. The molecule has 2 saturated heterocycles. The summed E-state index contributed by atoms with van der Waals surface area (Å²) in [6.45, 7) is 1.86. The summed E-state index contributed by atoms with van der Waals surface area (Å²) in [5, 5.41) is 11.1. The van der Waals surface area contributed by atoms with Crippen molar-refractivity contribution in [1.82, 2.24) is 4.90 Å². The highest BCUT2D eigenvalue weighted by Crippen LogP contribution is 2.37. The van der Waals surface area contributed by atoms with Crippen LogP contribution in [0, 0.1) is 0 Å². The maximum Gasteiger partial charge on any atom is 0.313 e. The summed E-state index contributed by atoms with van der Waals surface area (Å²) in [4.78, 5) is 15.4. The van der Waals surface area contributed by atoms with Gasteiger partial charge in [0.2, 0.25) is 0 Å². The summed E-state index contributed by atoms with van der Waals surface area (Å²) >= 11 is 6.11. The number of phenols is 1. The van der Waals surface area contributed by atoms with Crippen LogP contribution < -0.4 is 0 Å². The highest BCUT2D eigenvalue weighted by molar-refractivity contribution is 6.30. The molecule has 0 radical (unpaired) electrons. The van der Waals surface area contributed by atoms with Crippen molar-refractivity contribution < 1.29 is 14.6 Å². The summed E-state index contributed by atoms with van der Waals surface area (Å²) in [7, 11) is 2.18. The fraction of sp³-hybridized carbons (Fsp3) is 0.458. The lowest BCUT2D eigenvalue weighted by atomic mass is 9.91. The Kier molecular flexibility index (Phi) is 5.84. The minimum absolute atomic E-state index is 0.00709. The van der Waals surface area contributed by atoms with Gasteiger partial charge in [0, 0.05) is 29.1 Å². The van der Waals surface area contributed by atoms with E-state index in [0.29, 0.717) is 23.5 Å². The Bertz CT molecular complexity index is 885. The topological polar surface area (TPSA) is 49.8 Å². The minimum atomic E-state index is -0.436. The molecular weight excluding hydrogens is 386 g/mol. The standard InChI is InChI=1S/C24H28ClNO3/c1-15(24(28)29-20-13-18-9-10-19(14-20)26(18)2)21-7-4-8-23(27)22(21)12-16-5-3-6-17(25)11-16/h3-8,11,15,18-20,27H,9-10,12-14H2,1-2H3. The van der Waals surface area contributed by atoms with Crippen LogP contribution in [0.4, 0.5) is 0 Å². The van der Waals surface area contributed by atoms with E-state index in [1.807, 2.05) is 37.3 Å². The average Bonchev–Trinajstić information content (AvgIpc) is 2.90. The van der Waals surface area contributed by atoms with Crippen molar-refractivity contribution in [2.45, 2.75) is 63.1 Å². The Hall–Kier alpha value is -2.04. The molecule has 4 nitrogen and oxygen atoms in total. The van der Waals surface area contributed by atoms with E-state index in [0.717, 1.165) is 29.5 Å². The lowest BCUT2D eigenvalue weighted by Crippen LogP contribution is -2.43. The van der Waals surface area contributed by atoms with E-state index in [1.165, 1.54) is 12.8 Å². The normalized spacial score (nSPS) is 25.0. The number of piperidine rings is 1. The van der Waals surface area contributed by atoms with Gasteiger partial charge < -0.3 is 14.7 Å². The molecule has 2 aliphatic heterocycles. The first-order chi connectivity index (χ1) is 13.9. The SMILES string of the molecule is CC(C(=O)OC1CC2CCC(C1)N2C)c1cccc(O)c1Cc1cccc(Cl)c1. The molecule has 2 bridgehead atoms. The zero-order valence-corrected chi connectivity index (χ0v) is 17.7.